The van der Waals surface area contributed by atoms with Gasteiger partial charge in [-0.05, 0) is 172 Å². The zero-order valence-corrected chi connectivity index (χ0v) is 32.3. The van der Waals surface area contributed by atoms with Gasteiger partial charge in [0.2, 0.25) is 0 Å². The lowest BCUT2D eigenvalue weighted by Gasteiger charge is -2.61. The topological polar surface area (TPSA) is 70.7 Å². The van der Waals surface area contributed by atoms with Gasteiger partial charge in [-0.1, -0.05) is 56.3 Å². The lowest BCUT2D eigenvalue weighted by Crippen LogP contribution is -2.52. The first-order chi connectivity index (χ1) is 26.5. The molecule has 8 aliphatic rings. The molecular weight excluding hydrogens is 677 g/mol. The minimum absolute atomic E-state index is 0.0660. The fraction of sp³-hybridized carbons (Fsp3) is 0.609. The summed E-state index contributed by atoms with van der Waals surface area (Å²) in [5.74, 6) is 8.24. The number of nitrogens with zero attached hydrogens (tertiary/aromatic N) is 1. The van der Waals surface area contributed by atoms with Crippen molar-refractivity contribution in [3.63, 3.8) is 0 Å². The molecule has 8 heteroatoms. The molecule has 1 N–H and O–H groups in total. The van der Waals surface area contributed by atoms with E-state index in [1.165, 1.54) is 64.2 Å². The zero-order valence-electron chi connectivity index (χ0n) is 32.3. The van der Waals surface area contributed by atoms with Gasteiger partial charge in [0.1, 0.15) is 11.4 Å². The smallest absolute Gasteiger partial charge is 0.192 e. The molecule has 3 aromatic carbocycles. The van der Waals surface area contributed by atoms with Crippen LogP contribution in [0.3, 0.4) is 0 Å². The number of hydrogen-bond acceptors (Lipinski definition) is 8. The molecule has 0 spiro atoms. The zero-order chi connectivity index (χ0) is 36.5. The Hall–Kier alpha value is -3.30. The van der Waals surface area contributed by atoms with Crippen molar-refractivity contribution in [1.82, 2.24) is 0 Å². The molecule has 0 aliphatic heterocycles. The van der Waals surface area contributed by atoms with E-state index in [2.05, 4.69) is 19.3 Å². The van der Waals surface area contributed by atoms with Crippen LogP contribution in [0.15, 0.2) is 78.9 Å². The molecule has 0 amide bonds. The van der Waals surface area contributed by atoms with Crippen LogP contribution >= 0.6 is 0 Å². The van der Waals surface area contributed by atoms with Crippen molar-refractivity contribution in [1.29, 1.82) is 0 Å². The van der Waals surface area contributed by atoms with Crippen molar-refractivity contribution in [3.8, 4) is 11.5 Å². The normalized spacial score (nSPS) is 34.3. The molecule has 0 aromatic heterocycles. The second-order valence-electron chi connectivity index (χ2n) is 18.2. The van der Waals surface area contributed by atoms with E-state index in [0.717, 1.165) is 77.2 Å². The van der Waals surface area contributed by atoms with Gasteiger partial charge < -0.3 is 19.2 Å². The van der Waals surface area contributed by atoms with E-state index in [-0.39, 0.29) is 13.6 Å². The van der Waals surface area contributed by atoms with Crippen molar-refractivity contribution < 1.29 is 29.0 Å². The first-order valence-corrected chi connectivity index (χ1v) is 21.0. The highest BCUT2D eigenvalue weighted by atomic mass is 17.2. The molecule has 6 atom stereocenters. The number of rotatable bonds is 18. The molecule has 3 aromatic rings. The summed E-state index contributed by atoms with van der Waals surface area (Å²) in [5.41, 5.74) is 6.81. The summed E-state index contributed by atoms with van der Waals surface area (Å²) in [5, 5.41) is 1.93. The molecular formula is C46H60N2O6. The van der Waals surface area contributed by atoms with E-state index >= 15 is 0 Å². The van der Waals surface area contributed by atoms with Gasteiger partial charge >= 0.3 is 0 Å². The maximum atomic E-state index is 6.06. The van der Waals surface area contributed by atoms with Crippen molar-refractivity contribution in [2.45, 2.75) is 90.9 Å². The first kappa shape index (κ1) is 36.3. The van der Waals surface area contributed by atoms with Crippen molar-refractivity contribution in [2.75, 3.05) is 37.2 Å². The van der Waals surface area contributed by atoms with Gasteiger partial charge in [-0.3, -0.25) is 5.43 Å². The average Bonchev–Trinajstić information content (AvgIpc) is 3.18. The van der Waals surface area contributed by atoms with Crippen LogP contribution in [0.2, 0.25) is 0 Å². The maximum absolute atomic E-state index is 6.06. The summed E-state index contributed by atoms with van der Waals surface area (Å²) in [6.07, 6.45) is 16.4. The van der Waals surface area contributed by atoms with Crippen LogP contribution in [-0.2, 0) is 19.2 Å². The van der Waals surface area contributed by atoms with Crippen molar-refractivity contribution >= 4 is 17.1 Å². The number of para-hydroxylation sites is 5. The van der Waals surface area contributed by atoms with Crippen LogP contribution in [0, 0.1) is 58.2 Å². The highest BCUT2D eigenvalue weighted by molar-refractivity contribution is 5.76. The fourth-order valence-electron chi connectivity index (χ4n) is 13.0. The fourth-order valence-corrected chi connectivity index (χ4v) is 13.0. The SMILES string of the molecule is CC1C2CC3CC(C2)CC1(CCOCOOc1ccccc1N(Nc1ccccc1)c1ccccc1OOCOCCC12CC4CC(CC(C4)C1C)C2)C3. The Kier molecular flexibility index (Phi) is 10.6. The molecule has 290 valence electrons. The van der Waals surface area contributed by atoms with Gasteiger partial charge in [-0.2, -0.15) is 9.78 Å². The van der Waals surface area contributed by atoms with E-state index in [1.807, 2.05) is 83.9 Å². The molecule has 0 heterocycles. The van der Waals surface area contributed by atoms with E-state index in [4.69, 9.17) is 29.0 Å². The molecule has 6 unspecified atom stereocenters. The number of anilines is 3. The molecule has 54 heavy (non-hydrogen) atoms. The molecule has 11 rings (SSSR count). The van der Waals surface area contributed by atoms with E-state index < -0.39 is 0 Å². The number of nitrogens with one attached hydrogen (secondary N) is 1. The van der Waals surface area contributed by atoms with Crippen LogP contribution in [0.25, 0.3) is 0 Å². The van der Waals surface area contributed by atoms with Crippen molar-refractivity contribution in [2.24, 2.45) is 58.2 Å². The first-order valence-electron chi connectivity index (χ1n) is 21.0. The third-order valence-corrected chi connectivity index (χ3v) is 15.3. The van der Waals surface area contributed by atoms with Crippen molar-refractivity contribution in [3.05, 3.63) is 78.9 Å². The number of hydrazine groups is 1. The molecule has 8 bridgehead atoms. The lowest BCUT2D eigenvalue weighted by molar-refractivity contribution is -0.268. The molecule has 8 nitrogen and oxygen atoms in total. The van der Waals surface area contributed by atoms with E-state index in [0.29, 0.717) is 35.5 Å². The summed E-state index contributed by atoms with van der Waals surface area (Å²) in [6, 6.07) is 25.6. The van der Waals surface area contributed by atoms with E-state index in [1.54, 1.807) is 0 Å². The minimum atomic E-state index is 0.0660. The Morgan fingerprint density at radius 2 is 0.981 bits per heavy atom. The highest BCUT2D eigenvalue weighted by Crippen LogP contribution is 2.65. The van der Waals surface area contributed by atoms with Gasteiger partial charge in [-0.25, -0.2) is 5.01 Å². The monoisotopic (exact) mass is 736 g/mol. The average molecular weight is 737 g/mol. The maximum Gasteiger partial charge on any atom is 0.192 e. The Bertz CT molecular complexity index is 1570. The summed E-state index contributed by atoms with van der Waals surface area (Å²) < 4.78 is 12.1. The molecule has 0 saturated heterocycles. The van der Waals surface area contributed by atoms with Gasteiger partial charge in [0.25, 0.3) is 0 Å². The van der Waals surface area contributed by atoms with E-state index in [9.17, 15) is 0 Å². The molecule has 0 radical (unpaired) electrons. The predicted octanol–water partition coefficient (Wildman–Crippen LogP) is 11.1. The van der Waals surface area contributed by atoms with Gasteiger partial charge in [0, 0.05) is 0 Å². The largest absolute Gasteiger partial charge is 0.351 e. The van der Waals surface area contributed by atoms with Crippen LogP contribution in [-0.4, -0.2) is 26.8 Å². The second-order valence-corrected chi connectivity index (χ2v) is 18.2. The highest BCUT2D eigenvalue weighted by Gasteiger charge is 2.55. The summed E-state index contributed by atoms with van der Waals surface area (Å²) in [7, 11) is 0. The number of hydrogen-bond donors (Lipinski definition) is 1. The Balaban J connectivity index is 0.813. The summed E-state index contributed by atoms with van der Waals surface area (Å²) in [6.45, 7) is 6.52. The number of ether oxygens (including phenoxy) is 2. The van der Waals surface area contributed by atoms with Gasteiger partial charge in [0.05, 0.1) is 18.9 Å². The van der Waals surface area contributed by atoms with Crippen LogP contribution in [0.4, 0.5) is 17.1 Å². The third kappa shape index (κ3) is 7.36. The molecule has 8 fully saturated rings. The molecule has 8 aliphatic carbocycles. The lowest BCUT2D eigenvalue weighted by atomic mass is 9.45. The Morgan fingerprint density at radius 1 is 0.556 bits per heavy atom. The van der Waals surface area contributed by atoms with Crippen LogP contribution < -0.4 is 20.2 Å². The molecule has 8 saturated carbocycles. The minimum Gasteiger partial charge on any atom is -0.351 e. The summed E-state index contributed by atoms with van der Waals surface area (Å²) >= 11 is 0. The predicted molar refractivity (Wildman–Crippen MR) is 210 cm³/mol. The van der Waals surface area contributed by atoms with Gasteiger partial charge in [0.15, 0.2) is 25.1 Å². The summed E-state index contributed by atoms with van der Waals surface area (Å²) in [4.78, 5) is 23.3. The number of benzene rings is 3. The van der Waals surface area contributed by atoms with Gasteiger partial charge in [-0.15, -0.1) is 0 Å². The van der Waals surface area contributed by atoms with Crippen LogP contribution in [0.1, 0.15) is 90.9 Å². The second kappa shape index (κ2) is 15.7. The quantitative estimate of drug-likeness (QED) is 0.0599. The third-order valence-electron chi connectivity index (χ3n) is 15.3. The Morgan fingerprint density at radius 3 is 1.44 bits per heavy atom. The van der Waals surface area contributed by atoms with Crippen LogP contribution in [0.5, 0.6) is 11.5 Å². The standard InChI is InChI=1S/C46H60N2O6/c1-32-38-22-34-20-35(23-38)27-45(32,26-34)16-18-49-30-51-53-43-14-8-6-12-41(43)48(47-40-10-4-3-5-11-40)42-13-7-9-15-44(42)54-52-31-50-19-17-46-28-36-21-37(29-46)25-39(24-36)33(46)2/h3-15,32-39,47H,16-31H2,1-2H3. The Labute approximate surface area is 322 Å².